The van der Waals surface area contributed by atoms with E-state index < -0.39 is 0 Å². The normalized spacial score (nSPS) is 11.8. The Hall–Kier alpha value is -3.00. The fourth-order valence-electron chi connectivity index (χ4n) is 2.72. The first-order valence-corrected chi connectivity index (χ1v) is 10.1. The number of nitrogens with one attached hydrogen (secondary N) is 1. The average Bonchev–Trinajstić information content (AvgIpc) is 3.12. The summed E-state index contributed by atoms with van der Waals surface area (Å²) in [5.74, 6) is 0.354. The van der Waals surface area contributed by atoms with Crippen LogP contribution in [0.15, 0.2) is 66.6 Å². The smallest absolute Gasteiger partial charge is 0.233 e. The molecule has 0 aliphatic heterocycles. The van der Waals surface area contributed by atoms with Crippen molar-refractivity contribution in [2.24, 2.45) is 0 Å². The quantitative estimate of drug-likeness (QED) is 0.431. The van der Waals surface area contributed by atoms with E-state index in [-0.39, 0.29) is 17.0 Å². The molecule has 0 aliphatic carbocycles. The summed E-state index contributed by atoms with van der Waals surface area (Å²) in [6, 6.07) is 10.0. The Bertz CT molecular complexity index is 959. The summed E-state index contributed by atoms with van der Waals surface area (Å²) >= 11 is 1.35. The Kier molecular flexibility index (Phi) is 7.13. The zero-order chi connectivity index (χ0) is 20.6. The van der Waals surface area contributed by atoms with Gasteiger partial charge in [-0.15, -0.1) is 16.8 Å². The van der Waals surface area contributed by atoms with Crippen LogP contribution in [0, 0.1) is 5.82 Å². The van der Waals surface area contributed by atoms with Crippen molar-refractivity contribution in [2.45, 2.75) is 30.3 Å². The van der Waals surface area contributed by atoms with Gasteiger partial charge in [-0.1, -0.05) is 30.0 Å². The van der Waals surface area contributed by atoms with Crippen LogP contribution >= 0.6 is 11.8 Å². The van der Waals surface area contributed by atoms with Gasteiger partial charge in [0.25, 0.3) is 0 Å². The lowest BCUT2D eigenvalue weighted by molar-refractivity contribution is -0.120. The highest BCUT2D eigenvalue weighted by Gasteiger charge is 2.20. The number of nitrogens with zero attached hydrogens (tertiary/aromatic N) is 4. The molecule has 8 heteroatoms. The molecule has 1 atom stereocenters. The van der Waals surface area contributed by atoms with E-state index in [4.69, 9.17) is 0 Å². The summed E-state index contributed by atoms with van der Waals surface area (Å²) in [7, 11) is 0. The number of thioether (sulfide) groups is 1. The number of benzene rings is 1. The van der Waals surface area contributed by atoms with Crippen LogP contribution in [0.2, 0.25) is 0 Å². The first-order valence-electron chi connectivity index (χ1n) is 9.21. The van der Waals surface area contributed by atoms with Crippen LogP contribution in [0.25, 0.3) is 11.4 Å². The molecule has 1 aromatic carbocycles. The molecule has 0 radical (unpaired) electrons. The highest BCUT2D eigenvalue weighted by atomic mass is 32.2. The third kappa shape index (κ3) is 5.51. The number of hydrogen-bond donors (Lipinski definition) is 1. The maximum atomic E-state index is 13.0. The topological polar surface area (TPSA) is 72.7 Å². The van der Waals surface area contributed by atoms with Gasteiger partial charge in [0.15, 0.2) is 11.0 Å². The molecule has 3 rings (SSSR count). The van der Waals surface area contributed by atoms with E-state index in [1.54, 1.807) is 30.6 Å². The van der Waals surface area contributed by atoms with Crippen molar-refractivity contribution in [3.63, 3.8) is 0 Å². The molecular formula is C21H22FN5OS. The summed E-state index contributed by atoms with van der Waals surface area (Å²) in [4.78, 5) is 16.5. The maximum Gasteiger partial charge on any atom is 0.233 e. The van der Waals surface area contributed by atoms with Gasteiger partial charge in [0, 0.05) is 31.0 Å². The molecule has 0 saturated heterocycles. The van der Waals surface area contributed by atoms with Gasteiger partial charge in [-0.2, -0.15) is 0 Å². The summed E-state index contributed by atoms with van der Waals surface area (Å²) in [5.41, 5.74) is 1.87. The van der Waals surface area contributed by atoms with E-state index in [0.29, 0.717) is 30.5 Å². The Labute approximate surface area is 173 Å². The Balaban J connectivity index is 1.61. The minimum atomic E-state index is -0.346. The molecule has 0 spiro atoms. The van der Waals surface area contributed by atoms with Crippen molar-refractivity contribution in [3.8, 4) is 11.4 Å². The number of carbonyl (C=O) groups is 1. The van der Waals surface area contributed by atoms with E-state index in [1.807, 2.05) is 23.6 Å². The standard InChI is InChI=1S/C21H22FN5OS/c1-3-14-27-19(17-9-11-23-12-10-17)25-26-21(27)29-15(2)20(28)24-13-8-16-4-6-18(22)7-5-16/h3-7,9-12,15H,1,8,13-14H2,2H3,(H,24,28)/t15-/m0/s1. The van der Waals surface area contributed by atoms with Crippen LogP contribution in [0.4, 0.5) is 4.39 Å². The van der Waals surface area contributed by atoms with Gasteiger partial charge < -0.3 is 5.32 Å². The molecule has 0 bridgehead atoms. The summed E-state index contributed by atoms with van der Waals surface area (Å²) in [5, 5.41) is 11.8. The van der Waals surface area contributed by atoms with Crippen LogP contribution in [0.3, 0.4) is 0 Å². The van der Waals surface area contributed by atoms with Crippen molar-refractivity contribution < 1.29 is 9.18 Å². The average molecular weight is 412 g/mol. The number of rotatable bonds is 9. The van der Waals surface area contributed by atoms with Crippen LogP contribution < -0.4 is 5.32 Å². The lowest BCUT2D eigenvalue weighted by Crippen LogP contribution is -2.32. The molecule has 2 aromatic heterocycles. The molecule has 0 unspecified atom stereocenters. The van der Waals surface area contributed by atoms with E-state index in [9.17, 15) is 9.18 Å². The summed E-state index contributed by atoms with van der Waals surface area (Å²) in [6.45, 7) is 6.65. The monoisotopic (exact) mass is 411 g/mol. The van der Waals surface area contributed by atoms with Gasteiger partial charge in [-0.05, 0) is 43.2 Å². The number of pyridine rings is 1. The van der Waals surface area contributed by atoms with Gasteiger partial charge in [0.05, 0.1) is 5.25 Å². The second kappa shape index (κ2) is 9.97. The number of allylic oxidation sites excluding steroid dienone is 1. The second-order valence-electron chi connectivity index (χ2n) is 6.37. The van der Waals surface area contributed by atoms with E-state index in [0.717, 1.165) is 11.1 Å². The highest BCUT2D eigenvalue weighted by molar-refractivity contribution is 8.00. The van der Waals surface area contributed by atoms with Gasteiger partial charge in [0.2, 0.25) is 5.91 Å². The third-order valence-corrected chi connectivity index (χ3v) is 5.33. The van der Waals surface area contributed by atoms with E-state index >= 15 is 0 Å². The van der Waals surface area contributed by atoms with E-state index in [1.165, 1.54) is 23.9 Å². The van der Waals surface area contributed by atoms with Crippen molar-refractivity contribution in [3.05, 3.63) is 72.8 Å². The van der Waals surface area contributed by atoms with E-state index in [2.05, 4.69) is 27.1 Å². The number of hydrogen-bond acceptors (Lipinski definition) is 5. The lowest BCUT2D eigenvalue weighted by atomic mass is 10.1. The van der Waals surface area contributed by atoms with Crippen molar-refractivity contribution in [2.75, 3.05) is 6.54 Å². The maximum absolute atomic E-state index is 13.0. The molecule has 2 heterocycles. The number of carbonyl (C=O) groups excluding carboxylic acids is 1. The second-order valence-corrected chi connectivity index (χ2v) is 7.68. The van der Waals surface area contributed by atoms with Crippen molar-refractivity contribution in [1.29, 1.82) is 0 Å². The summed E-state index contributed by atoms with van der Waals surface area (Å²) < 4.78 is 14.9. The van der Waals surface area contributed by atoms with Crippen LogP contribution in [0.5, 0.6) is 0 Å². The molecule has 0 fully saturated rings. The first-order chi connectivity index (χ1) is 14.1. The molecule has 6 nitrogen and oxygen atoms in total. The van der Waals surface area contributed by atoms with Crippen LogP contribution in [-0.2, 0) is 17.8 Å². The third-order valence-electron chi connectivity index (χ3n) is 4.24. The van der Waals surface area contributed by atoms with Crippen LogP contribution in [0.1, 0.15) is 12.5 Å². The summed E-state index contributed by atoms with van der Waals surface area (Å²) in [6.07, 6.45) is 5.81. The Morgan fingerprint density at radius 3 is 2.66 bits per heavy atom. The Morgan fingerprint density at radius 2 is 1.97 bits per heavy atom. The van der Waals surface area contributed by atoms with Gasteiger partial charge in [0.1, 0.15) is 5.82 Å². The number of amides is 1. The molecule has 3 aromatic rings. The zero-order valence-electron chi connectivity index (χ0n) is 16.1. The molecule has 150 valence electrons. The van der Waals surface area contributed by atoms with Crippen molar-refractivity contribution in [1.82, 2.24) is 25.1 Å². The van der Waals surface area contributed by atoms with Crippen molar-refractivity contribution >= 4 is 17.7 Å². The molecular weight excluding hydrogens is 389 g/mol. The van der Waals surface area contributed by atoms with Gasteiger partial charge in [-0.3, -0.25) is 14.3 Å². The predicted molar refractivity (Wildman–Crippen MR) is 112 cm³/mol. The fraction of sp³-hybridized carbons (Fsp3) is 0.238. The largest absolute Gasteiger partial charge is 0.355 e. The minimum absolute atomic E-state index is 0.0873. The zero-order valence-corrected chi connectivity index (χ0v) is 16.9. The molecule has 1 amide bonds. The minimum Gasteiger partial charge on any atom is -0.355 e. The molecule has 0 saturated carbocycles. The molecule has 1 N–H and O–H groups in total. The molecule has 0 aliphatic rings. The Morgan fingerprint density at radius 1 is 1.24 bits per heavy atom. The first kappa shape index (κ1) is 20.7. The highest BCUT2D eigenvalue weighted by Crippen LogP contribution is 2.26. The fourth-order valence-corrected chi connectivity index (χ4v) is 3.60. The lowest BCUT2D eigenvalue weighted by Gasteiger charge is -2.13. The van der Waals surface area contributed by atoms with Gasteiger partial charge in [-0.25, -0.2) is 4.39 Å². The SMILES string of the molecule is C=CCn1c(S[C@@H](C)C(=O)NCCc2ccc(F)cc2)nnc1-c1ccncc1. The number of halogens is 1. The van der Waals surface area contributed by atoms with Gasteiger partial charge >= 0.3 is 0 Å². The van der Waals surface area contributed by atoms with Crippen LogP contribution in [-0.4, -0.2) is 37.5 Å². The number of aromatic nitrogens is 4. The molecule has 29 heavy (non-hydrogen) atoms. The predicted octanol–water partition coefficient (Wildman–Crippen LogP) is 3.50.